The first-order valence-corrected chi connectivity index (χ1v) is 5.33. The van der Waals surface area contributed by atoms with Crippen LogP contribution in [-0.4, -0.2) is 23.1 Å². The van der Waals surface area contributed by atoms with Crippen molar-refractivity contribution in [3.63, 3.8) is 0 Å². The zero-order valence-corrected chi connectivity index (χ0v) is 9.60. The molecule has 16 heavy (non-hydrogen) atoms. The van der Waals surface area contributed by atoms with E-state index >= 15 is 0 Å². The van der Waals surface area contributed by atoms with Crippen LogP contribution in [0.25, 0.3) is 0 Å². The van der Waals surface area contributed by atoms with Crippen LogP contribution in [0.4, 0.5) is 0 Å². The minimum atomic E-state index is -0.549. The first-order valence-electron chi connectivity index (χ1n) is 5.33. The van der Waals surface area contributed by atoms with Gasteiger partial charge in [-0.25, -0.2) is 0 Å². The molecule has 0 aliphatic heterocycles. The number of carbonyl (C=O) groups excluding carboxylic acids is 1. The number of nitrogens with one attached hydrogen (secondary N) is 1. The Bertz CT molecular complexity index is 347. The number of hydrogen-bond donors (Lipinski definition) is 3. The van der Waals surface area contributed by atoms with Crippen LogP contribution in [0.2, 0.25) is 0 Å². The second kappa shape index (κ2) is 5.51. The van der Waals surface area contributed by atoms with Crippen molar-refractivity contribution < 1.29 is 9.90 Å². The van der Waals surface area contributed by atoms with Gasteiger partial charge in [0.15, 0.2) is 0 Å². The highest BCUT2D eigenvalue weighted by Crippen LogP contribution is 2.10. The molecule has 1 aromatic carbocycles. The van der Waals surface area contributed by atoms with Crippen LogP contribution >= 0.6 is 0 Å². The van der Waals surface area contributed by atoms with Crippen LogP contribution in [0.3, 0.4) is 0 Å². The molecule has 4 N–H and O–H groups in total. The number of phenols is 1. The molecule has 0 bridgehead atoms. The molecule has 88 valence electrons. The molecular weight excluding hydrogens is 204 g/mol. The van der Waals surface area contributed by atoms with Crippen LogP contribution in [0.15, 0.2) is 24.3 Å². The molecule has 1 unspecified atom stereocenters. The van der Waals surface area contributed by atoms with Gasteiger partial charge in [0.05, 0.1) is 6.04 Å². The van der Waals surface area contributed by atoms with Gasteiger partial charge in [-0.05, 0) is 38.0 Å². The normalized spacial score (nSPS) is 12.5. The third-order valence-electron chi connectivity index (χ3n) is 2.16. The molecule has 1 aromatic rings. The number of rotatable bonds is 4. The third kappa shape index (κ3) is 3.90. The first kappa shape index (κ1) is 12.5. The van der Waals surface area contributed by atoms with Crippen molar-refractivity contribution in [2.75, 3.05) is 0 Å². The number of benzene rings is 1. The van der Waals surface area contributed by atoms with Crippen molar-refractivity contribution in [2.24, 2.45) is 5.73 Å². The number of amides is 1. The lowest BCUT2D eigenvalue weighted by Crippen LogP contribution is -2.44. The molecule has 0 radical (unpaired) electrons. The molecule has 4 heteroatoms. The van der Waals surface area contributed by atoms with E-state index in [0.717, 1.165) is 5.56 Å². The topological polar surface area (TPSA) is 75.4 Å². The monoisotopic (exact) mass is 222 g/mol. The Morgan fingerprint density at radius 2 is 1.94 bits per heavy atom. The maximum atomic E-state index is 11.5. The fourth-order valence-corrected chi connectivity index (χ4v) is 1.37. The van der Waals surface area contributed by atoms with Crippen molar-refractivity contribution in [1.82, 2.24) is 5.32 Å². The number of hydrogen-bond acceptors (Lipinski definition) is 3. The van der Waals surface area contributed by atoms with Crippen LogP contribution in [0.5, 0.6) is 5.75 Å². The summed E-state index contributed by atoms with van der Waals surface area (Å²) in [6.45, 7) is 3.79. The van der Waals surface area contributed by atoms with Gasteiger partial charge in [0.2, 0.25) is 5.91 Å². The molecule has 0 saturated heterocycles. The summed E-state index contributed by atoms with van der Waals surface area (Å²) in [7, 11) is 0. The second-order valence-corrected chi connectivity index (χ2v) is 4.14. The lowest BCUT2D eigenvalue weighted by Gasteiger charge is -2.14. The van der Waals surface area contributed by atoms with Gasteiger partial charge in [0, 0.05) is 6.04 Å². The standard InChI is InChI=1S/C12H18N2O2/c1-8(2)14-12(16)11(13)7-9-3-5-10(15)6-4-9/h3-6,8,11,15H,7,13H2,1-2H3,(H,14,16). The summed E-state index contributed by atoms with van der Waals surface area (Å²) < 4.78 is 0. The van der Waals surface area contributed by atoms with E-state index < -0.39 is 6.04 Å². The summed E-state index contributed by atoms with van der Waals surface area (Å²) in [6.07, 6.45) is 0.471. The summed E-state index contributed by atoms with van der Waals surface area (Å²) in [5.41, 5.74) is 6.70. The van der Waals surface area contributed by atoms with Gasteiger partial charge in [-0.15, -0.1) is 0 Å². The Hall–Kier alpha value is -1.55. The van der Waals surface area contributed by atoms with Gasteiger partial charge in [-0.1, -0.05) is 12.1 Å². The zero-order valence-electron chi connectivity index (χ0n) is 9.60. The molecule has 4 nitrogen and oxygen atoms in total. The minimum absolute atomic E-state index is 0.0957. The lowest BCUT2D eigenvalue weighted by molar-refractivity contribution is -0.122. The van der Waals surface area contributed by atoms with Gasteiger partial charge >= 0.3 is 0 Å². The van der Waals surface area contributed by atoms with Crippen molar-refractivity contribution in [1.29, 1.82) is 0 Å². The van der Waals surface area contributed by atoms with Gasteiger partial charge < -0.3 is 16.2 Å². The van der Waals surface area contributed by atoms with E-state index in [4.69, 9.17) is 10.8 Å². The Kier molecular flexibility index (Phi) is 4.31. The molecule has 0 aliphatic rings. The Balaban J connectivity index is 2.53. The molecule has 0 heterocycles. The van der Waals surface area contributed by atoms with E-state index in [1.165, 1.54) is 0 Å². The van der Waals surface area contributed by atoms with Crippen LogP contribution in [0.1, 0.15) is 19.4 Å². The molecule has 0 saturated carbocycles. The fourth-order valence-electron chi connectivity index (χ4n) is 1.37. The van der Waals surface area contributed by atoms with Crippen LogP contribution in [-0.2, 0) is 11.2 Å². The molecular formula is C12H18N2O2. The van der Waals surface area contributed by atoms with Gasteiger partial charge in [-0.2, -0.15) is 0 Å². The molecule has 0 aromatic heterocycles. The summed E-state index contributed by atoms with van der Waals surface area (Å²) in [4.78, 5) is 11.5. The molecule has 1 atom stereocenters. The molecule has 0 fully saturated rings. The van der Waals surface area contributed by atoms with E-state index in [1.54, 1.807) is 24.3 Å². The lowest BCUT2D eigenvalue weighted by atomic mass is 10.1. The summed E-state index contributed by atoms with van der Waals surface area (Å²) in [5, 5.41) is 11.9. The quantitative estimate of drug-likeness (QED) is 0.705. The predicted molar refractivity (Wildman–Crippen MR) is 63.1 cm³/mol. The highest BCUT2D eigenvalue weighted by atomic mass is 16.3. The van der Waals surface area contributed by atoms with E-state index in [-0.39, 0.29) is 17.7 Å². The van der Waals surface area contributed by atoms with Gasteiger partial charge in [0.25, 0.3) is 0 Å². The van der Waals surface area contributed by atoms with E-state index in [2.05, 4.69) is 5.32 Å². The van der Waals surface area contributed by atoms with Crippen molar-refractivity contribution in [2.45, 2.75) is 32.4 Å². The fraction of sp³-hybridized carbons (Fsp3) is 0.417. The average molecular weight is 222 g/mol. The SMILES string of the molecule is CC(C)NC(=O)C(N)Cc1ccc(O)cc1. The maximum Gasteiger partial charge on any atom is 0.237 e. The molecule has 0 aliphatic carbocycles. The Morgan fingerprint density at radius 1 is 1.38 bits per heavy atom. The average Bonchev–Trinajstić information content (AvgIpc) is 2.20. The van der Waals surface area contributed by atoms with Crippen LogP contribution < -0.4 is 11.1 Å². The summed E-state index contributed by atoms with van der Waals surface area (Å²) >= 11 is 0. The van der Waals surface area contributed by atoms with Crippen molar-refractivity contribution in [3.8, 4) is 5.75 Å². The van der Waals surface area contributed by atoms with Gasteiger partial charge in [0.1, 0.15) is 5.75 Å². The molecule has 1 rings (SSSR count). The van der Waals surface area contributed by atoms with Gasteiger partial charge in [-0.3, -0.25) is 4.79 Å². The zero-order chi connectivity index (χ0) is 12.1. The summed E-state index contributed by atoms with van der Waals surface area (Å²) in [6, 6.07) is 6.24. The summed E-state index contributed by atoms with van der Waals surface area (Å²) in [5.74, 6) is 0.0621. The van der Waals surface area contributed by atoms with Crippen LogP contribution in [0, 0.1) is 0 Å². The highest BCUT2D eigenvalue weighted by molar-refractivity contribution is 5.82. The second-order valence-electron chi connectivity index (χ2n) is 4.14. The maximum absolute atomic E-state index is 11.5. The third-order valence-corrected chi connectivity index (χ3v) is 2.16. The minimum Gasteiger partial charge on any atom is -0.508 e. The number of nitrogens with two attached hydrogens (primary N) is 1. The molecule has 0 spiro atoms. The molecule has 1 amide bonds. The Morgan fingerprint density at radius 3 is 2.44 bits per heavy atom. The smallest absolute Gasteiger partial charge is 0.237 e. The first-order chi connectivity index (χ1) is 7.49. The number of aromatic hydroxyl groups is 1. The van der Waals surface area contributed by atoms with Crippen molar-refractivity contribution >= 4 is 5.91 Å². The van der Waals surface area contributed by atoms with E-state index in [0.29, 0.717) is 6.42 Å². The number of phenolic OH excluding ortho intramolecular Hbond substituents is 1. The highest BCUT2D eigenvalue weighted by Gasteiger charge is 2.14. The van der Waals surface area contributed by atoms with Crippen molar-refractivity contribution in [3.05, 3.63) is 29.8 Å². The largest absolute Gasteiger partial charge is 0.508 e. The van der Waals surface area contributed by atoms with E-state index in [1.807, 2.05) is 13.8 Å². The Labute approximate surface area is 95.5 Å². The number of carbonyl (C=O) groups is 1. The predicted octanol–water partition coefficient (Wildman–Crippen LogP) is 0.787. The van der Waals surface area contributed by atoms with E-state index in [9.17, 15) is 4.79 Å².